The first-order valence-electron chi connectivity index (χ1n) is 13.3. The molecule has 33 heavy (non-hydrogen) atoms. The van der Waals surface area contributed by atoms with Crippen LogP contribution in [0.3, 0.4) is 0 Å². The number of nitrogens with zero attached hydrogens (tertiary/aromatic N) is 2. The molecule has 2 radical (unpaired) electrons. The molecule has 8 nitrogen and oxygen atoms in total. The zero-order valence-electron chi connectivity index (χ0n) is 21.5. The molecule has 0 fully saturated rings. The number of hydrogen-bond donors (Lipinski definition) is 2. The van der Waals surface area contributed by atoms with E-state index in [1.165, 1.54) is 116 Å². The van der Waals surface area contributed by atoms with Gasteiger partial charge in [0, 0.05) is 0 Å². The van der Waals surface area contributed by atoms with Crippen LogP contribution >= 0.6 is 0 Å². The Kier molecular flexibility index (Phi) is 39.9. The predicted octanol–water partition coefficient (Wildman–Crippen LogP) is 8.67. The third kappa shape index (κ3) is 59.2. The molecule has 0 amide bonds. The second kappa shape index (κ2) is 35.8. The normalized spacial score (nSPS) is 10.0. The van der Waals surface area contributed by atoms with E-state index in [4.69, 9.17) is 30.6 Å². The Hall–Kier alpha value is -0.801. The van der Waals surface area contributed by atoms with Crippen molar-refractivity contribution in [3.8, 4) is 0 Å². The van der Waals surface area contributed by atoms with Crippen molar-refractivity contribution in [3.05, 3.63) is 20.2 Å². The summed E-state index contributed by atoms with van der Waals surface area (Å²) in [5, 5.41) is 27.3. The Morgan fingerprint density at radius 2 is 0.667 bits per heavy atom. The summed E-state index contributed by atoms with van der Waals surface area (Å²) in [4.78, 5) is 16.7. The molecule has 2 N–H and O–H groups in total. The maximum atomic E-state index is 8.36. The van der Waals surface area contributed by atoms with Crippen molar-refractivity contribution in [1.82, 2.24) is 0 Å². The molecule has 0 saturated carbocycles. The van der Waals surface area contributed by atoms with Gasteiger partial charge in [0.05, 0.1) is 0 Å². The fourth-order valence-electron chi connectivity index (χ4n) is 3.60. The van der Waals surface area contributed by atoms with Gasteiger partial charge in [-0.15, -0.1) is 20.2 Å². The molecular weight excluding hydrogens is 531 g/mol. The molecule has 0 atom stereocenters. The van der Waals surface area contributed by atoms with Gasteiger partial charge >= 0.3 is 172 Å². The van der Waals surface area contributed by atoms with Gasteiger partial charge in [0.15, 0.2) is 0 Å². The average molecular weight is 583 g/mol. The Labute approximate surface area is 212 Å². The second-order valence-electron chi connectivity index (χ2n) is 8.59. The van der Waals surface area contributed by atoms with Gasteiger partial charge in [-0.3, -0.25) is 0 Å². The Balaban J connectivity index is -0.000000962. The van der Waals surface area contributed by atoms with E-state index in [2.05, 4.69) is 13.8 Å². The standard InChI is InChI=1S/2C12H25.2HNO3.Sn/c2*1-3-5-7-9-11-12-10-8-6-4-2;2*2-1(3)4;/h2*1,3-12H2,2H3;2*(H,2,3,4);. The summed E-state index contributed by atoms with van der Waals surface area (Å²) in [6.07, 6.45) is 29.8. The molecule has 0 bridgehead atoms. The summed E-state index contributed by atoms with van der Waals surface area (Å²) >= 11 is 0.0377. The van der Waals surface area contributed by atoms with Crippen LogP contribution < -0.4 is 0 Å². The minimum absolute atomic E-state index is 0.0377. The van der Waals surface area contributed by atoms with E-state index in [0.29, 0.717) is 0 Å². The van der Waals surface area contributed by atoms with Crippen LogP contribution in [0.25, 0.3) is 0 Å². The molecule has 0 aliphatic rings. The van der Waals surface area contributed by atoms with Crippen molar-refractivity contribution in [1.29, 1.82) is 0 Å². The van der Waals surface area contributed by atoms with Gasteiger partial charge in [-0.1, -0.05) is 0 Å². The summed E-state index contributed by atoms with van der Waals surface area (Å²) in [6.45, 7) is 4.61. The van der Waals surface area contributed by atoms with Crippen LogP contribution in [0.4, 0.5) is 0 Å². The molecular formula is C24H52N2O6Sn. The fourth-order valence-corrected chi connectivity index (χ4v) is 7.17. The maximum absolute atomic E-state index is 8.36. The minimum Gasteiger partial charge on any atom is -0.328 e. The van der Waals surface area contributed by atoms with Crippen LogP contribution in [-0.4, -0.2) is 41.7 Å². The molecule has 0 heterocycles. The van der Waals surface area contributed by atoms with Gasteiger partial charge in [-0.2, -0.15) is 0 Å². The van der Waals surface area contributed by atoms with Crippen LogP contribution in [-0.2, 0) is 0 Å². The van der Waals surface area contributed by atoms with Crippen molar-refractivity contribution < 1.29 is 20.6 Å². The topological polar surface area (TPSA) is 127 Å². The molecule has 0 saturated heterocycles. The van der Waals surface area contributed by atoms with Crippen LogP contribution in [0.5, 0.6) is 0 Å². The van der Waals surface area contributed by atoms with Crippen molar-refractivity contribution in [2.45, 2.75) is 151 Å². The zero-order chi connectivity index (χ0) is 25.4. The van der Waals surface area contributed by atoms with Crippen LogP contribution in [0.2, 0.25) is 8.87 Å². The van der Waals surface area contributed by atoms with E-state index in [0.717, 1.165) is 0 Å². The second-order valence-corrected chi connectivity index (χ2v) is 12.9. The third-order valence-corrected chi connectivity index (χ3v) is 9.45. The third-order valence-electron chi connectivity index (χ3n) is 5.41. The van der Waals surface area contributed by atoms with Gasteiger partial charge in [-0.25, -0.2) is 0 Å². The van der Waals surface area contributed by atoms with E-state index in [9.17, 15) is 0 Å². The van der Waals surface area contributed by atoms with Crippen molar-refractivity contribution in [2.75, 3.05) is 0 Å². The van der Waals surface area contributed by atoms with Gasteiger partial charge in [0.2, 0.25) is 0 Å². The summed E-state index contributed by atoms with van der Waals surface area (Å²) in [5.74, 6) is 0. The van der Waals surface area contributed by atoms with Crippen LogP contribution in [0, 0.1) is 20.2 Å². The molecule has 0 aliphatic carbocycles. The molecule has 0 aromatic carbocycles. The Bertz CT molecular complexity index is 348. The number of rotatable bonds is 22. The molecule has 0 unspecified atom stereocenters. The molecule has 0 spiro atoms. The molecule has 198 valence electrons. The fraction of sp³-hybridized carbons (Fsp3) is 1.00. The molecule has 0 rings (SSSR count). The molecule has 0 aromatic heterocycles. The monoisotopic (exact) mass is 584 g/mol. The zero-order valence-corrected chi connectivity index (χ0v) is 24.3. The van der Waals surface area contributed by atoms with Gasteiger partial charge in [0.1, 0.15) is 0 Å². The number of hydrogen-bond acceptors (Lipinski definition) is 4. The van der Waals surface area contributed by atoms with E-state index >= 15 is 0 Å². The molecule has 0 aliphatic heterocycles. The van der Waals surface area contributed by atoms with E-state index in [1.807, 2.05) is 0 Å². The summed E-state index contributed by atoms with van der Waals surface area (Å²) < 4.78 is 3.33. The predicted molar refractivity (Wildman–Crippen MR) is 137 cm³/mol. The first-order valence-corrected chi connectivity index (χ1v) is 17.3. The quantitative estimate of drug-likeness (QED) is 0.0568. The summed E-state index contributed by atoms with van der Waals surface area (Å²) in [6, 6.07) is 0. The molecule has 9 heteroatoms. The Morgan fingerprint density at radius 3 is 0.879 bits per heavy atom. The summed E-state index contributed by atoms with van der Waals surface area (Å²) in [5.41, 5.74) is 0. The van der Waals surface area contributed by atoms with Gasteiger partial charge < -0.3 is 10.4 Å². The van der Waals surface area contributed by atoms with Crippen molar-refractivity contribution in [2.24, 2.45) is 0 Å². The first kappa shape index (κ1) is 36.8. The van der Waals surface area contributed by atoms with E-state index in [1.54, 1.807) is 21.7 Å². The summed E-state index contributed by atoms with van der Waals surface area (Å²) in [7, 11) is 0. The smallest absolute Gasteiger partial charge is 0.328 e. The SMILES string of the molecule is CCCCCCCCCCC[CH2][Sn][CH2]CCCCCCCCCCC.O=[N+]([O-])O.O=[N+]([O-])O. The van der Waals surface area contributed by atoms with Gasteiger partial charge in [0.25, 0.3) is 10.2 Å². The van der Waals surface area contributed by atoms with Crippen LogP contribution in [0.15, 0.2) is 0 Å². The van der Waals surface area contributed by atoms with Crippen molar-refractivity contribution in [3.63, 3.8) is 0 Å². The van der Waals surface area contributed by atoms with Crippen molar-refractivity contribution >= 4 is 21.1 Å². The van der Waals surface area contributed by atoms with E-state index < -0.39 is 10.2 Å². The van der Waals surface area contributed by atoms with E-state index in [-0.39, 0.29) is 21.1 Å². The average Bonchev–Trinajstić information content (AvgIpc) is 2.74. The van der Waals surface area contributed by atoms with Gasteiger partial charge in [-0.05, 0) is 0 Å². The minimum atomic E-state index is -1.50. The molecule has 0 aromatic rings. The first-order chi connectivity index (χ1) is 15.9. The van der Waals surface area contributed by atoms with Crippen LogP contribution in [0.1, 0.15) is 142 Å². The Morgan fingerprint density at radius 1 is 0.485 bits per heavy atom. The number of unbranched alkanes of at least 4 members (excludes halogenated alkanes) is 18.